The van der Waals surface area contributed by atoms with Gasteiger partial charge in [-0.25, -0.2) is 0 Å². The van der Waals surface area contributed by atoms with Crippen LogP contribution in [0.5, 0.6) is 0 Å². The number of benzene rings is 1. The minimum atomic E-state index is 0.332. The highest BCUT2D eigenvalue weighted by Crippen LogP contribution is 2.28. The summed E-state index contributed by atoms with van der Waals surface area (Å²) >= 11 is 4.21. The van der Waals surface area contributed by atoms with Gasteiger partial charge in [-0.05, 0) is 52.2 Å². The minimum Gasteiger partial charge on any atom is -0.306 e. The van der Waals surface area contributed by atoms with Crippen molar-refractivity contribution in [1.29, 1.82) is 0 Å². The maximum Gasteiger partial charge on any atom is 0.0681 e. The van der Waals surface area contributed by atoms with Crippen molar-refractivity contribution in [1.82, 2.24) is 5.32 Å². The predicted molar refractivity (Wildman–Crippen MR) is 79.0 cm³/mol. The van der Waals surface area contributed by atoms with Crippen LogP contribution in [-0.4, -0.2) is 6.54 Å². The molecule has 0 amide bonds. The van der Waals surface area contributed by atoms with E-state index in [9.17, 15) is 0 Å². The number of nitrogens with one attached hydrogen (secondary N) is 1. The highest BCUT2D eigenvalue weighted by molar-refractivity contribution is 14.1. The molecule has 1 unspecified atom stereocenters. The number of halogens is 1. The summed E-state index contributed by atoms with van der Waals surface area (Å²) in [5.41, 5.74) is 1.37. The summed E-state index contributed by atoms with van der Waals surface area (Å²) in [5.74, 6) is 0. The molecular weight excluding hydrogens is 329 g/mol. The number of hydrogen-bond donors (Lipinski definition) is 1. The quantitative estimate of drug-likeness (QED) is 0.826. The van der Waals surface area contributed by atoms with Crippen molar-refractivity contribution >= 4 is 33.9 Å². The molecule has 1 nitrogen and oxygen atoms in total. The van der Waals surface area contributed by atoms with Gasteiger partial charge < -0.3 is 5.32 Å². The summed E-state index contributed by atoms with van der Waals surface area (Å²) in [4.78, 5) is 1.38. The molecule has 0 fully saturated rings. The molecule has 1 N–H and O–H groups in total. The van der Waals surface area contributed by atoms with Crippen LogP contribution < -0.4 is 5.32 Å². The van der Waals surface area contributed by atoms with Crippen LogP contribution in [0.3, 0.4) is 0 Å². The zero-order valence-corrected chi connectivity index (χ0v) is 12.1. The van der Waals surface area contributed by atoms with E-state index in [1.165, 1.54) is 14.0 Å². The van der Waals surface area contributed by atoms with Gasteiger partial charge in [0, 0.05) is 8.45 Å². The fourth-order valence-corrected chi connectivity index (χ4v) is 3.25. The molecule has 1 aromatic carbocycles. The summed E-state index contributed by atoms with van der Waals surface area (Å²) in [6.07, 6.45) is 0. The van der Waals surface area contributed by atoms with Crippen molar-refractivity contribution in [2.75, 3.05) is 6.54 Å². The Morgan fingerprint density at radius 1 is 1.25 bits per heavy atom. The lowest BCUT2D eigenvalue weighted by Gasteiger charge is -2.18. The van der Waals surface area contributed by atoms with Crippen molar-refractivity contribution < 1.29 is 0 Å². The molecule has 16 heavy (non-hydrogen) atoms. The molecule has 1 atom stereocenters. The van der Waals surface area contributed by atoms with Crippen molar-refractivity contribution in [3.63, 3.8) is 0 Å². The third kappa shape index (κ3) is 2.64. The van der Waals surface area contributed by atoms with E-state index in [1.54, 1.807) is 0 Å². The molecule has 2 aromatic rings. The highest BCUT2D eigenvalue weighted by Gasteiger charge is 2.15. The molecular formula is C13H14INS. The fraction of sp³-hybridized carbons (Fsp3) is 0.231. The van der Waals surface area contributed by atoms with E-state index >= 15 is 0 Å². The first-order valence-corrected chi connectivity index (χ1v) is 7.30. The molecule has 84 valence electrons. The van der Waals surface area contributed by atoms with Gasteiger partial charge in [0.2, 0.25) is 0 Å². The lowest BCUT2D eigenvalue weighted by atomic mass is 10.1. The van der Waals surface area contributed by atoms with Gasteiger partial charge in [0.1, 0.15) is 0 Å². The van der Waals surface area contributed by atoms with Crippen LogP contribution in [0.15, 0.2) is 41.8 Å². The van der Waals surface area contributed by atoms with E-state index in [0.717, 1.165) is 6.54 Å². The van der Waals surface area contributed by atoms with Gasteiger partial charge in [-0.2, -0.15) is 0 Å². The Bertz CT molecular complexity index is 439. The Kier molecular flexibility index (Phi) is 4.37. The monoisotopic (exact) mass is 343 g/mol. The van der Waals surface area contributed by atoms with Crippen LogP contribution in [-0.2, 0) is 0 Å². The second-order valence-corrected chi connectivity index (χ2v) is 5.67. The van der Waals surface area contributed by atoms with Crippen molar-refractivity contribution in [3.8, 4) is 0 Å². The van der Waals surface area contributed by atoms with Crippen molar-refractivity contribution in [2.45, 2.75) is 13.0 Å². The van der Waals surface area contributed by atoms with Crippen LogP contribution in [0.4, 0.5) is 0 Å². The molecule has 0 spiro atoms. The molecule has 0 saturated heterocycles. The van der Waals surface area contributed by atoms with Crippen LogP contribution in [0.25, 0.3) is 0 Å². The Balaban J connectivity index is 2.37. The summed E-state index contributed by atoms with van der Waals surface area (Å²) in [6, 6.07) is 13.2. The second-order valence-electron chi connectivity index (χ2n) is 3.53. The average molecular weight is 343 g/mol. The van der Waals surface area contributed by atoms with Crippen LogP contribution in [0, 0.1) is 3.57 Å². The lowest BCUT2D eigenvalue weighted by molar-refractivity contribution is 0.637. The standard InChI is InChI=1S/C13H14INS/c1-2-15-13(12-8-5-9-16-12)10-6-3-4-7-11(10)14/h3-9,13,15H,2H2,1H3. The van der Waals surface area contributed by atoms with E-state index in [4.69, 9.17) is 0 Å². The highest BCUT2D eigenvalue weighted by atomic mass is 127. The zero-order valence-electron chi connectivity index (χ0n) is 9.11. The van der Waals surface area contributed by atoms with Crippen LogP contribution >= 0.6 is 33.9 Å². The predicted octanol–water partition coefficient (Wildman–Crippen LogP) is 4.05. The number of thiophene rings is 1. The van der Waals surface area contributed by atoms with Gasteiger partial charge in [-0.1, -0.05) is 31.2 Å². The van der Waals surface area contributed by atoms with Gasteiger partial charge in [-0.15, -0.1) is 11.3 Å². The first-order chi connectivity index (χ1) is 7.83. The maximum atomic E-state index is 3.55. The molecule has 2 rings (SSSR count). The van der Waals surface area contributed by atoms with Gasteiger partial charge in [0.15, 0.2) is 0 Å². The molecule has 0 saturated carbocycles. The summed E-state index contributed by atoms with van der Waals surface area (Å²) in [5, 5.41) is 5.68. The Hall–Kier alpha value is -0.390. The molecule has 0 bridgehead atoms. The van der Waals surface area contributed by atoms with Crippen molar-refractivity contribution in [2.24, 2.45) is 0 Å². The van der Waals surface area contributed by atoms with Gasteiger partial charge in [0.05, 0.1) is 6.04 Å². The lowest BCUT2D eigenvalue weighted by Crippen LogP contribution is -2.21. The van der Waals surface area contributed by atoms with Gasteiger partial charge in [0.25, 0.3) is 0 Å². The SMILES string of the molecule is CCNC(c1cccs1)c1ccccc1I. The third-order valence-electron chi connectivity index (χ3n) is 2.45. The normalized spacial score (nSPS) is 12.6. The Morgan fingerprint density at radius 3 is 2.69 bits per heavy atom. The topological polar surface area (TPSA) is 12.0 Å². The zero-order chi connectivity index (χ0) is 11.4. The molecule has 0 aliphatic heterocycles. The minimum absolute atomic E-state index is 0.332. The second kappa shape index (κ2) is 5.80. The molecule has 1 aromatic heterocycles. The van der Waals surface area contributed by atoms with Crippen LogP contribution in [0.1, 0.15) is 23.4 Å². The van der Waals surface area contributed by atoms with E-state index in [0.29, 0.717) is 6.04 Å². The summed E-state index contributed by atoms with van der Waals surface area (Å²) in [6.45, 7) is 3.13. The molecule has 0 radical (unpaired) electrons. The third-order valence-corrected chi connectivity index (χ3v) is 4.37. The maximum absolute atomic E-state index is 3.55. The average Bonchev–Trinajstić information content (AvgIpc) is 2.80. The van der Waals surface area contributed by atoms with E-state index in [-0.39, 0.29) is 0 Å². The van der Waals surface area contributed by atoms with Crippen LogP contribution in [0.2, 0.25) is 0 Å². The number of hydrogen-bond acceptors (Lipinski definition) is 2. The molecule has 0 aliphatic carbocycles. The van der Waals surface area contributed by atoms with E-state index in [1.807, 2.05) is 11.3 Å². The van der Waals surface area contributed by atoms with Gasteiger partial charge >= 0.3 is 0 Å². The van der Waals surface area contributed by atoms with Crippen molar-refractivity contribution in [3.05, 3.63) is 55.8 Å². The molecule has 0 aliphatic rings. The molecule has 1 heterocycles. The first-order valence-electron chi connectivity index (χ1n) is 5.34. The smallest absolute Gasteiger partial charge is 0.0681 e. The van der Waals surface area contributed by atoms with E-state index < -0.39 is 0 Å². The Morgan fingerprint density at radius 2 is 2.06 bits per heavy atom. The van der Waals surface area contributed by atoms with E-state index in [2.05, 4.69) is 76.6 Å². The van der Waals surface area contributed by atoms with Gasteiger partial charge in [-0.3, -0.25) is 0 Å². The summed E-state index contributed by atoms with van der Waals surface area (Å²) in [7, 11) is 0. The number of rotatable bonds is 4. The Labute approximate surface area is 114 Å². The molecule has 3 heteroatoms. The first kappa shape index (κ1) is 12.1. The largest absolute Gasteiger partial charge is 0.306 e. The summed E-state index contributed by atoms with van der Waals surface area (Å²) < 4.78 is 1.32. The fourth-order valence-electron chi connectivity index (χ4n) is 1.73.